The normalized spacial score (nSPS) is 11.3. The summed E-state index contributed by atoms with van der Waals surface area (Å²) in [5, 5.41) is 0. The molecule has 2 aromatic carbocycles. The van der Waals surface area contributed by atoms with Gasteiger partial charge in [-0.25, -0.2) is 12.8 Å². The van der Waals surface area contributed by atoms with Crippen LogP contribution in [0.1, 0.15) is 5.56 Å². The number of anilines is 2. The van der Waals surface area contributed by atoms with Gasteiger partial charge in [0.2, 0.25) is 0 Å². The van der Waals surface area contributed by atoms with Gasteiger partial charge in [0.15, 0.2) is 0 Å². The van der Waals surface area contributed by atoms with Crippen molar-refractivity contribution < 1.29 is 12.8 Å². The number of nitrogens with one attached hydrogen (secondary N) is 1. The Morgan fingerprint density at radius 3 is 2.32 bits per heavy atom. The summed E-state index contributed by atoms with van der Waals surface area (Å²) in [6.45, 7) is 1.57. The molecule has 0 amide bonds. The number of hydrogen-bond donors (Lipinski definition) is 2. The van der Waals surface area contributed by atoms with Crippen LogP contribution in [0.4, 0.5) is 15.8 Å². The van der Waals surface area contributed by atoms with Gasteiger partial charge in [0.05, 0.1) is 4.90 Å². The lowest BCUT2D eigenvalue weighted by Crippen LogP contribution is -2.13. The van der Waals surface area contributed by atoms with E-state index in [9.17, 15) is 12.8 Å². The molecule has 0 aliphatic heterocycles. The van der Waals surface area contributed by atoms with Crippen molar-refractivity contribution in [3.05, 3.63) is 53.8 Å². The van der Waals surface area contributed by atoms with Crippen molar-refractivity contribution in [2.75, 3.05) is 10.5 Å². The third-order valence-corrected chi connectivity index (χ3v) is 4.00. The summed E-state index contributed by atoms with van der Waals surface area (Å²) in [6.07, 6.45) is 0. The van der Waals surface area contributed by atoms with Gasteiger partial charge >= 0.3 is 0 Å². The molecular weight excluding hydrogens is 267 g/mol. The van der Waals surface area contributed by atoms with E-state index < -0.39 is 10.0 Å². The molecule has 0 saturated heterocycles. The predicted octanol–water partition coefficient (Wildman–Crippen LogP) is 2.52. The van der Waals surface area contributed by atoms with E-state index in [2.05, 4.69) is 4.72 Å². The fraction of sp³-hybridized carbons (Fsp3) is 0.0769. The predicted molar refractivity (Wildman–Crippen MR) is 72.8 cm³/mol. The maximum Gasteiger partial charge on any atom is 0.261 e. The van der Waals surface area contributed by atoms with E-state index in [0.717, 1.165) is 0 Å². The molecule has 0 aliphatic carbocycles. The van der Waals surface area contributed by atoms with Gasteiger partial charge in [0.1, 0.15) is 5.82 Å². The Bertz CT molecular complexity index is 697. The topological polar surface area (TPSA) is 72.2 Å². The van der Waals surface area contributed by atoms with E-state index in [-0.39, 0.29) is 10.7 Å². The maximum absolute atomic E-state index is 13.1. The summed E-state index contributed by atoms with van der Waals surface area (Å²) in [5.41, 5.74) is 6.67. The van der Waals surface area contributed by atoms with Crippen molar-refractivity contribution in [1.82, 2.24) is 0 Å². The van der Waals surface area contributed by atoms with E-state index in [1.54, 1.807) is 6.92 Å². The van der Waals surface area contributed by atoms with Crippen LogP contribution < -0.4 is 10.5 Å². The number of aryl methyl sites for hydroxylation is 1. The van der Waals surface area contributed by atoms with Crippen LogP contribution in [0.25, 0.3) is 0 Å². The number of nitrogens with two attached hydrogens (primary N) is 1. The van der Waals surface area contributed by atoms with Crippen molar-refractivity contribution >= 4 is 21.4 Å². The van der Waals surface area contributed by atoms with Crippen LogP contribution in [-0.4, -0.2) is 8.42 Å². The summed E-state index contributed by atoms with van der Waals surface area (Å²) >= 11 is 0. The first-order chi connectivity index (χ1) is 8.88. The van der Waals surface area contributed by atoms with E-state index in [4.69, 9.17) is 5.73 Å². The molecule has 19 heavy (non-hydrogen) atoms. The molecule has 0 bridgehead atoms. The van der Waals surface area contributed by atoms with Gasteiger partial charge in [0.25, 0.3) is 10.0 Å². The Kier molecular flexibility index (Phi) is 3.44. The summed E-state index contributed by atoms with van der Waals surface area (Å²) in [5.74, 6) is -0.379. The number of benzene rings is 2. The fourth-order valence-electron chi connectivity index (χ4n) is 1.57. The van der Waals surface area contributed by atoms with Crippen molar-refractivity contribution in [3.8, 4) is 0 Å². The van der Waals surface area contributed by atoms with Gasteiger partial charge < -0.3 is 5.73 Å². The molecule has 100 valence electrons. The van der Waals surface area contributed by atoms with E-state index in [1.807, 2.05) is 0 Å². The Morgan fingerprint density at radius 2 is 1.74 bits per heavy atom. The average Bonchev–Trinajstić information content (AvgIpc) is 2.34. The molecule has 0 heterocycles. The summed E-state index contributed by atoms with van der Waals surface area (Å²) in [4.78, 5) is 0.101. The summed E-state index contributed by atoms with van der Waals surface area (Å²) in [7, 11) is -3.69. The quantitative estimate of drug-likeness (QED) is 0.848. The second-order valence-corrected chi connectivity index (χ2v) is 5.82. The number of hydrogen-bond acceptors (Lipinski definition) is 3. The highest BCUT2D eigenvalue weighted by Gasteiger charge is 2.14. The molecule has 0 aromatic heterocycles. The van der Waals surface area contributed by atoms with Gasteiger partial charge in [-0.15, -0.1) is 0 Å². The maximum atomic E-state index is 13.1. The third kappa shape index (κ3) is 3.03. The molecule has 6 heteroatoms. The van der Waals surface area contributed by atoms with Crippen LogP contribution in [0.15, 0.2) is 47.4 Å². The highest BCUT2D eigenvalue weighted by Crippen LogP contribution is 2.19. The average molecular weight is 280 g/mol. The molecule has 2 aromatic rings. The molecule has 0 spiro atoms. The lowest BCUT2D eigenvalue weighted by molar-refractivity contribution is 0.601. The minimum absolute atomic E-state index is 0.101. The van der Waals surface area contributed by atoms with Gasteiger partial charge in [-0.05, 0) is 55.0 Å². The fourth-order valence-corrected chi connectivity index (χ4v) is 2.62. The van der Waals surface area contributed by atoms with Crippen LogP contribution in [0, 0.1) is 12.7 Å². The molecule has 0 atom stereocenters. The molecule has 0 aliphatic rings. The number of rotatable bonds is 3. The number of nitrogen functional groups attached to an aromatic ring is 1. The zero-order valence-electron chi connectivity index (χ0n) is 10.2. The first-order valence-corrected chi connectivity index (χ1v) is 7.01. The van der Waals surface area contributed by atoms with E-state index in [0.29, 0.717) is 16.9 Å². The van der Waals surface area contributed by atoms with Crippen LogP contribution in [0.5, 0.6) is 0 Å². The standard InChI is InChI=1S/C13H13FN2O2S/c1-9-8-11(4-7-13(9)14)16-19(17,18)12-5-2-10(15)3-6-12/h2-8,16H,15H2,1H3. The SMILES string of the molecule is Cc1cc(NS(=O)(=O)c2ccc(N)cc2)ccc1F. The largest absolute Gasteiger partial charge is 0.399 e. The zero-order chi connectivity index (χ0) is 14.0. The van der Waals surface area contributed by atoms with Crippen LogP contribution in [-0.2, 0) is 10.0 Å². The van der Waals surface area contributed by atoms with Crippen molar-refractivity contribution in [2.24, 2.45) is 0 Å². The molecular formula is C13H13FN2O2S. The second kappa shape index (κ2) is 4.89. The number of halogens is 1. The third-order valence-electron chi connectivity index (χ3n) is 2.60. The number of sulfonamides is 1. The Balaban J connectivity index is 2.30. The van der Waals surface area contributed by atoms with Gasteiger partial charge in [0, 0.05) is 11.4 Å². The summed E-state index contributed by atoms with van der Waals surface area (Å²) < 4.78 is 39.6. The smallest absolute Gasteiger partial charge is 0.261 e. The van der Waals surface area contributed by atoms with Crippen LogP contribution in [0.3, 0.4) is 0 Å². The monoisotopic (exact) mass is 280 g/mol. The van der Waals surface area contributed by atoms with E-state index >= 15 is 0 Å². The van der Waals surface area contributed by atoms with Gasteiger partial charge in [-0.3, -0.25) is 4.72 Å². The minimum atomic E-state index is -3.69. The first-order valence-electron chi connectivity index (χ1n) is 5.53. The highest BCUT2D eigenvalue weighted by molar-refractivity contribution is 7.92. The molecule has 4 nitrogen and oxygen atoms in total. The van der Waals surface area contributed by atoms with E-state index in [1.165, 1.54) is 42.5 Å². The Morgan fingerprint density at radius 1 is 1.11 bits per heavy atom. The minimum Gasteiger partial charge on any atom is -0.399 e. The van der Waals surface area contributed by atoms with Gasteiger partial charge in [-0.1, -0.05) is 0 Å². The lowest BCUT2D eigenvalue weighted by atomic mass is 10.2. The summed E-state index contributed by atoms with van der Waals surface area (Å²) in [6, 6.07) is 9.86. The Labute approximate surface area is 111 Å². The molecule has 0 saturated carbocycles. The van der Waals surface area contributed by atoms with Crippen molar-refractivity contribution in [3.63, 3.8) is 0 Å². The van der Waals surface area contributed by atoms with Crippen LogP contribution >= 0.6 is 0 Å². The lowest BCUT2D eigenvalue weighted by Gasteiger charge is -2.09. The zero-order valence-corrected chi connectivity index (χ0v) is 11.0. The molecule has 2 rings (SSSR count). The highest BCUT2D eigenvalue weighted by atomic mass is 32.2. The van der Waals surface area contributed by atoms with Gasteiger partial charge in [-0.2, -0.15) is 0 Å². The molecule has 3 N–H and O–H groups in total. The second-order valence-electron chi connectivity index (χ2n) is 4.14. The molecule has 0 unspecified atom stereocenters. The molecule has 0 fully saturated rings. The van der Waals surface area contributed by atoms with Crippen molar-refractivity contribution in [2.45, 2.75) is 11.8 Å². The van der Waals surface area contributed by atoms with Crippen LogP contribution in [0.2, 0.25) is 0 Å². The Hall–Kier alpha value is -2.08. The van der Waals surface area contributed by atoms with Crippen molar-refractivity contribution in [1.29, 1.82) is 0 Å². The molecule has 0 radical (unpaired) electrons. The first kappa shape index (κ1) is 13.4.